The summed E-state index contributed by atoms with van der Waals surface area (Å²) in [6.07, 6.45) is 0.703. The number of thiazole rings is 1. The van der Waals surface area contributed by atoms with Crippen molar-refractivity contribution < 1.29 is 14.3 Å². The molecule has 0 aliphatic carbocycles. The van der Waals surface area contributed by atoms with Crippen LogP contribution < -0.4 is 15.4 Å². The highest BCUT2D eigenvalue weighted by atomic mass is 35.5. The molecule has 1 atom stereocenters. The van der Waals surface area contributed by atoms with Crippen LogP contribution in [0.3, 0.4) is 0 Å². The highest BCUT2D eigenvalue weighted by Crippen LogP contribution is 2.36. The Morgan fingerprint density at radius 2 is 2.03 bits per heavy atom. The zero-order valence-corrected chi connectivity index (χ0v) is 18.2. The van der Waals surface area contributed by atoms with E-state index < -0.39 is 0 Å². The second kappa shape index (κ2) is 8.63. The lowest BCUT2D eigenvalue weighted by molar-refractivity contribution is -0.119. The lowest BCUT2D eigenvalue weighted by Gasteiger charge is -2.26. The minimum absolute atomic E-state index is 0.0865. The van der Waals surface area contributed by atoms with Gasteiger partial charge in [0.15, 0.2) is 5.13 Å². The number of carbonyl (C=O) groups is 2. The van der Waals surface area contributed by atoms with Crippen molar-refractivity contribution in [2.45, 2.75) is 19.4 Å². The highest BCUT2D eigenvalue weighted by molar-refractivity contribution is 7.14. The molecule has 0 saturated carbocycles. The molecular formula is C21H17Cl2N3O3S. The zero-order valence-electron chi connectivity index (χ0n) is 15.9. The van der Waals surface area contributed by atoms with Gasteiger partial charge in [0.25, 0.3) is 5.91 Å². The van der Waals surface area contributed by atoms with Crippen LogP contribution in [-0.4, -0.2) is 23.4 Å². The fraction of sp³-hybridized carbons (Fsp3) is 0.190. The molecule has 0 bridgehead atoms. The van der Waals surface area contributed by atoms with Crippen LogP contribution in [0.25, 0.3) is 11.3 Å². The Kier molecular flexibility index (Phi) is 5.94. The number of anilines is 1. The van der Waals surface area contributed by atoms with Crippen LogP contribution in [0.15, 0.2) is 41.8 Å². The van der Waals surface area contributed by atoms with Crippen molar-refractivity contribution in [3.8, 4) is 17.0 Å². The van der Waals surface area contributed by atoms with E-state index in [1.165, 1.54) is 24.3 Å². The molecule has 9 heteroatoms. The van der Waals surface area contributed by atoms with Crippen molar-refractivity contribution in [1.82, 2.24) is 10.3 Å². The second-order valence-electron chi connectivity index (χ2n) is 6.76. The third kappa shape index (κ3) is 4.43. The predicted molar refractivity (Wildman–Crippen MR) is 119 cm³/mol. The maximum absolute atomic E-state index is 12.5. The van der Waals surface area contributed by atoms with E-state index in [2.05, 4.69) is 15.6 Å². The molecule has 1 aromatic heterocycles. The highest BCUT2D eigenvalue weighted by Gasteiger charge is 2.23. The standard InChI is InChI=1S/C21H17Cl2N3O3S/c1-11(27)24-17-6-7-29-19-5-2-12(8-15(17)19)18-10-30-21(25-18)26-20(28)14-9-13(22)3-4-16(14)23/h2-5,8-10,17H,6-7H2,1H3,(H,24,27)(H,25,26,28). The van der Waals surface area contributed by atoms with Gasteiger partial charge in [-0.25, -0.2) is 4.98 Å². The molecule has 2 N–H and O–H groups in total. The van der Waals surface area contributed by atoms with Crippen LogP contribution >= 0.6 is 34.5 Å². The zero-order chi connectivity index (χ0) is 21.3. The van der Waals surface area contributed by atoms with Crippen molar-refractivity contribution in [3.63, 3.8) is 0 Å². The van der Waals surface area contributed by atoms with Crippen molar-refractivity contribution in [2.75, 3.05) is 11.9 Å². The van der Waals surface area contributed by atoms with E-state index in [1.807, 2.05) is 23.6 Å². The first-order valence-corrected chi connectivity index (χ1v) is 10.8. The van der Waals surface area contributed by atoms with Gasteiger partial charge in [-0.2, -0.15) is 0 Å². The Hall–Kier alpha value is -2.61. The summed E-state index contributed by atoms with van der Waals surface area (Å²) < 4.78 is 5.70. The molecular weight excluding hydrogens is 445 g/mol. The summed E-state index contributed by atoms with van der Waals surface area (Å²) in [6.45, 7) is 2.05. The number of amides is 2. The van der Waals surface area contributed by atoms with E-state index >= 15 is 0 Å². The lowest BCUT2D eigenvalue weighted by Crippen LogP contribution is -2.30. The molecule has 2 heterocycles. The van der Waals surface area contributed by atoms with Gasteiger partial charge in [-0.1, -0.05) is 23.2 Å². The number of fused-ring (bicyclic) bond motifs is 1. The number of benzene rings is 2. The monoisotopic (exact) mass is 461 g/mol. The number of halogens is 2. The normalized spacial score (nSPS) is 15.1. The largest absolute Gasteiger partial charge is 0.493 e. The molecule has 0 fully saturated rings. The number of nitrogens with one attached hydrogen (secondary N) is 2. The molecule has 0 saturated heterocycles. The number of aromatic nitrogens is 1. The van der Waals surface area contributed by atoms with Crippen molar-refractivity contribution in [3.05, 3.63) is 63.0 Å². The Morgan fingerprint density at radius 3 is 2.83 bits per heavy atom. The van der Waals surface area contributed by atoms with E-state index in [0.717, 1.165) is 16.9 Å². The fourth-order valence-corrected chi connectivity index (χ4v) is 4.34. The van der Waals surface area contributed by atoms with Gasteiger partial charge in [0.1, 0.15) is 5.75 Å². The van der Waals surface area contributed by atoms with Crippen molar-refractivity contribution in [1.29, 1.82) is 0 Å². The number of hydrogen-bond donors (Lipinski definition) is 2. The molecule has 1 aliphatic heterocycles. The summed E-state index contributed by atoms with van der Waals surface area (Å²) in [6, 6.07) is 10.4. The second-order valence-corrected chi connectivity index (χ2v) is 8.46. The Labute approximate surface area is 187 Å². The predicted octanol–water partition coefficient (Wildman–Crippen LogP) is 5.33. The van der Waals surface area contributed by atoms with Crippen LogP contribution in [0.1, 0.15) is 35.3 Å². The SMILES string of the molecule is CC(=O)NC1CCOc2ccc(-c3csc(NC(=O)c4cc(Cl)ccc4Cl)n3)cc21. The summed E-state index contributed by atoms with van der Waals surface area (Å²) in [5, 5.41) is 8.75. The van der Waals surface area contributed by atoms with Crippen LogP contribution in [0.4, 0.5) is 5.13 Å². The van der Waals surface area contributed by atoms with Gasteiger partial charge >= 0.3 is 0 Å². The van der Waals surface area contributed by atoms with E-state index in [1.54, 1.807) is 12.1 Å². The van der Waals surface area contributed by atoms with Gasteiger partial charge in [0, 0.05) is 34.9 Å². The molecule has 154 valence electrons. The summed E-state index contributed by atoms with van der Waals surface area (Å²) in [7, 11) is 0. The van der Waals surface area contributed by atoms with Gasteiger partial charge in [-0.15, -0.1) is 11.3 Å². The summed E-state index contributed by atoms with van der Waals surface area (Å²) in [4.78, 5) is 28.6. The van der Waals surface area contributed by atoms with Gasteiger partial charge in [-0.3, -0.25) is 14.9 Å². The third-order valence-electron chi connectivity index (χ3n) is 4.62. The quantitative estimate of drug-likeness (QED) is 0.550. The minimum atomic E-state index is -0.382. The molecule has 2 amide bonds. The molecule has 0 spiro atoms. The van der Waals surface area contributed by atoms with E-state index in [0.29, 0.717) is 33.9 Å². The average molecular weight is 462 g/mol. The van der Waals surface area contributed by atoms with Gasteiger partial charge in [0.2, 0.25) is 5.91 Å². The van der Waals surface area contributed by atoms with Crippen LogP contribution in [0, 0.1) is 0 Å². The maximum Gasteiger partial charge on any atom is 0.259 e. The van der Waals surface area contributed by atoms with Crippen molar-refractivity contribution >= 4 is 51.5 Å². The number of hydrogen-bond acceptors (Lipinski definition) is 5. The van der Waals surface area contributed by atoms with E-state index in [-0.39, 0.29) is 23.4 Å². The van der Waals surface area contributed by atoms with Crippen LogP contribution in [0.2, 0.25) is 10.0 Å². The first-order chi connectivity index (χ1) is 14.4. The number of carbonyl (C=O) groups excluding carboxylic acids is 2. The summed E-state index contributed by atoms with van der Waals surface area (Å²) in [5.41, 5.74) is 2.78. The molecule has 4 rings (SSSR count). The average Bonchev–Trinajstić information content (AvgIpc) is 3.18. The van der Waals surface area contributed by atoms with Crippen LogP contribution in [0.5, 0.6) is 5.75 Å². The molecule has 0 radical (unpaired) electrons. The first-order valence-electron chi connectivity index (χ1n) is 9.17. The first kappa shape index (κ1) is 20.7. The fourth-order valence-electron chi connectivity index (χ4n) is 3.25. The van der Waals surface area contributed by atoms with E-state index in [9.17, 15) is 9.59 Å². The number of rotatable bonds is 4. The number of nitrogens with zero attached hydrogens (tertiary/aromatic N) is 1. The molecule has 1 aliphatic rings. The maximum atomic E-state index is 12.5. The van der Waals surface area contributed by atoms with Crippen molar-refractivity contribution in [2.24, 2.45) is 0 Å². The smallest absolute Gasteiger partial charge is 0.259 e. The molecule has 30 heavy (non-hydrogen) atoms. The molecule has 2 aromatic carbocycles. The van der Waals surface area contributed by atoms with Gasteiger partial charge < -0.3 is 10.1 Å². The Balaban J connectivity index is 1.56. The van der Waals surface area contributed by atoms with E-state index in [4.69, 9.17) is 27.9 Å². The summed E-state index contributed by atoms with van der Waals surface area (Å²) in [5.74, 6) is 0.285. The molecule has 1 unspecified atom stereocenters. The summed E-state index contributed by atoms with van der Waals surface area (Å²) >= 11 is 13.4. The molecule has 3 aromatic rings. The molecule has 6 nitrogen and oxygen atoms in total. The number of ether oxygens (including phenoxy) is 1. The van der Waals surface area contributed by atoms with Gasteiger partial charge in [-0.05, 0) is 36.4 Å². The lowest BCUT2D eigenvalue weighted by atomic mass is 9.97. The topological polar surface area (TPSA) is 80.3 Å². The third-order valence-corrected chi connectivity index (χ3v) is 5.94. The minimum Gasteiger partial charge on any atom is -0.493 e. The Bertz CT molecular complexity index is 1130. The van der Waals surface area contributed by atoms with Crippen LogP contribution in [-0.2, 0) is 4.79 Å². The Morgan fingerprint density at radius 1 is 1.20 bits per heavy atom. The van der Waals surface area contributed by atoms with Gasteiger partial charge in [0.05, 0.1) is 28.9 Å².